The maximum Gasteiger partial charge on any atom is 0.422 e. The second-order valence-corrected chi connectivity index (χ2v) is 8.03. The van der Waals surface area contributed by atoms with E-state index < -0.39 is 47.2 Å². The number of nitrogens with zero attached hydrogens (tertiary/aromatic N) is 4. The molecular formula is C21H18ClF4N5O3. The molecule has 0 fully saturated rings. The van der Waals surface area contributed by atoms with E-state index in [1.807, 2.05) is 0 Å². The molecule has 13 heteroatoms. The number of hydrogen-bond donors (Lipinski definition) is 1. The lowest BCUT2D eigenvalue weighted by atomic mass is 10.1. The number of aryl methyl sites for hydroxylation is 2. The van der Waals surface area contributed by atoms with E-state index in [0.29, 0.717) is 30.4 Å². The van der Waals surface area contributed by atoms with Crippen LogP contribution in [0.5, 0.6) is 5.75 Å². The third kappa shape index (κ3) is 4.76. The highest BCUT2D eigenvalue weighted by Crippen LogP contribution is 2.30. The molecule has 0 saturated carbocycles. The van der Waals surface area contributed by atoms with Gasteiger partial charge < -0.3 is 10.1 Å². The molecule has 2 aromatic heterocycles. The number of alkyl halides is 3. The lowest BCUT2D eigenvalue weighted by Crippen LogP contribution is -2.27. The molecule has 0 saturated heterocycles. The van der Waals surface area contributed by atoms with E-state index in [4.69, 9.17) is 16.3 Å². The first kappa shape index (κ1) is 23.7. The monoisotopic (exact) mass is 499 g/mol. The van der Waals surface area contributed by atoms with E-state index in [2.05, 4.69) is 15.4 Å². The SMILES string of the molecule is Cc1ccnc(Cl)c1NC(=O)c1cc(F)c(-n2nc3n(c2=O)CCCC3)cc1OCC(F)(F)F. The predicted molar refractivity (Wildman–Crippen MR) is 114 cm³/mol. The fraction of sp³-hybridized carbons (Fsp3) is 0.333. The Balaban J connectivity index is 1.78. The van der Waals surface area contributed by atoms with Gasteiger partial charge in [0.25, 0.3) is 5.91 Å². The number of nitrogens with one attached hydrogen (secondary N) is 1. The van der Waals surface area contributed by atoms with Crippen molar-refractivity contribution in [3.63, 3.8) is 0 Å². The van der Waals surface area contributed by atoms with Crippen molar-refractivity contribution in [2.45, 2.75) is 38.9 Å². The zero-order chi connectivity index (χ0) is 24.6. The summed E-state index contributed by atoms with van der Waals surface area (Å²) in [4.78, 5) is 29.4. The normalized spacial score (nSPS) is 13.5. The molecule has 0 spiro atoms. The van der Waals surface area contributed by atoms with Crippen molar-refractivity contribution in [1.82, 2.24) is 19.3 Å². The van der Waals surface area contributed by atoms with Gasteiger partial charge in [0.15, 0.2) is 11.8 Å². The Bertz CT molecular complexity index is 1300. The maximum atomic E-state index is 15.1. The van der Waals surface area contributed by atoms with Gasteiger partial charge in [-0.2, -0.15) is 17.9 Å². The van der Waals surface area contributed by atoms with Crippen molar-refractivity contribution in [2.24, 2.45) is 0 Å². The van der Waals surface area contributed by atoms with Gasteiger partial charge in [-0.05, 0) is 37.5 Å². The van der Waals surface area contributed by atoms with Gasteiger partial charge in [0.1, 0.15) is 23.1 Å². The Morgan fingerprint density at radius 3 is 2.74 bits per heavy atom. The summed E-state index contributed by atoms with van der Waals surface area (Å²) < 4.78 is 60.6. The van der Waals surface area contributed by atoms with E-state index in [-0.39, 0.29) is 10.8 Å². The topological polar surface area (TPSA) is 91.0 Å². The zero-order valence-corrected chi connectivity index (χ0v) is 18.5. The average molecular weight is 500 g/mol. The van der Waals surface area contributed by atoms with Crippen LogP contribution in [-0.2, 0) is 13.0 Å². The Kier molecular flexibility index (Phi) is 6.34. The fourth-order valence-corrected chi connectivity index (χ4v) is 3.83. The maximum absolute atomic E-state index is 15.1. The van der Waals surface area contributed by atoms with E-state index in [9.17, 15) is 22.8 Å². The molecule has 3 aromatic rings. The number of fused-ring (bicyclic) bond motifs is 1. The highest BCUT2D eigenvalue weighted by Gasteiger charge is 2.30. The summed E-state index contributed by atoms with van der Waals surface area (Å²) in [5.41, 5.74) is -0.958. The van der Waals surface area contributed by atoms with Gasteiger partial charge in [0, 0.05) is 25.2 Å². The number of carbonyl (C=O) groups excluding carboxylic acids is 1. The fourth-order valence-electron chi connectivity index (χ4n) is 3.57. The lowest BCUT2D eigenvalue weighted by Gasteiger charge is -2.16. The van der Waals surface area contributed by atoms with Crippen LogP contribution < -0.4 is 15.7 Å². The standard InChI is InChI=1S/C21H18ClF4N5O3/c1-11-5-6-27-18(22)17(11)28-19(32)12-8-13(23)14(9-15(12)34-10-21(24,25)26)31-20(33)30-7-3-2-4-16(30)29-31/h5-6,8-9H,2-4,7,10H2,1H3,(H,28,32). The lowest BCUT2D eigenvalue weighted by molar-refractivity contribution is -0.153. The number of amides is 1. The van der Waals surface area contributed by atoms with Gasteiger partial charge in [-0.3, -0.25) is 9.36 Å². The molecule has 1 N–H and O–H groups in total. The van der Waals surface area contributed by atoms with Gasteiger partial charge in [0.05, 0.1) is 11.3 Å². The van der Waals surface area contributed by atoms with Gasteiger partial charge in [-0.1, -0.05) is 11.6 Å². The number of halogens is 5. The van der Waals surface area contributed by atoms with E-state index in [1.165, 1.54) is 10.8 Å². The number of carbonyl (C=O) groups is 1. The average Bonchev–Trinajstić information content (AvgIpc) is 3.11. The molecule has 1 aromatic carbocycles. The second-order valence-electron chi connectivity index (χ2n) is 7.67. The third-order valence-corrected chi connectivity index (χ3v) is 5.52. The number of rotatable bonds is 5. The van der Waals surface area contributed by atoms with E-state index >= 15 is 4.39 Å². The molecule has 1 amide bonds. The summed E-state index contributed by atoms with van der Waals surface area (Å²) in [5, 5.41) is 6.48. The van der Waals surface area contributed by atoms with Crippen LogP contribution >= 0.6 is 11.6 Å². The van der Waals surface area contributed by atoms with Gasteiger partial charge >= 0.3 is 11.9 Å². The first-order valence-electron chi connectivity index (χ1n) is 10.2. The van der Waals surface area contributed by atoms with Crippen LogP contribution in [-0.4, -0.2) is 38.0 Å². The van der Waals surface area contributed by atoms with Crippen LogP contribution in [0.1, 0.15) is 34.6 Å². The summed E-state index contributed by atoms with van der Waals surface area (Å²) in [7, 11) is 0. The summed E-state index contributed by atoms with van der Waals surface area (Å²) in [6.45, 7) is 0.291. The largest absolute Gasteiger partial charge is 0.483 e. The van der Waals surface area contributed by atoms with Crippen LogP contribution in [0.4, 0.5) is 23.2 Å². The number of pyridine rings is 1. The van der Waals surface area contributed by atoms with Crippen LogP contribution in [0.15, 0.2) is 29.2 Å². The molecule has 34 heavy (non-hydrogen) atoms. The van der Waals surface area contributed by atoms with Gasteiger partial charge in [0.2, 0.25) is 0 Å². The van der Waals surface area contributed by atoms with Crippen LogP contribution in [0.2, 0.25) is 5.15 Å². The van der Waals surface area contributed by atoms with Crippen molar-refractivity contribution in [3.8, 4) is 11.4 Å². The minimum Gasteiger partial charge on any atom is -0.483 e. The molecule has 0 atom stereocenters. The smallest absolute Gasteiger partial charge is 0.422 e. The molecule has 8 nitrogen and oxygen atoms in total. The van der Waals surface area contributed by atoms with Crippen LogP contribution in [0, 0.1) is 12.7 Å². The Labute approximate surface area is 195 Å². The minimum atomic E-state index is -4.73. The molecule has 0 unspecified atom stereocenters. The molecule has 3 heterocycles. The number of aromatic nitrogens is 4. The first-order chi connectivity index (χ1) is 16.0. The van der Waals surface area contributed by atoms with Crippen LogP contribution in [0.25, 0.3) is 5.69 Å². The molecule has 1 aliphatic heterocycles. The molecule has 0 aliphatic carbocycles. The highest BCUT2D eigenvalue weighted by atomic mass is 35.5. The predicted octanol–water partition coefficient (Wildman–Crippen LogP) is 4.06. The minimum absolute atomic E-state index is 0.0571. The summed E-state index contributed by atoms with van der Waals surface area (Å²) in [5.74, 6) is -2.16. The second kappa shape index (κ2) is 9.09. The summed E-state index contributed by atoms with van der Waals surface area (Å²) in [6.07, 6.45) is -1.27. The molecule has 1 aliphatic rings. The van der Waals surface area contributed by atoms with E-state index in [1.54, 1.807) is 13.0 Å². The molecule has 4 rings (SSSR count). The molecule has 180 valence electrons. The Morgan fingerprint density at radius 2 is 2.06 bits per heavy atom. The molecule has 0 bridgehead atoms. The van der Waals surface area contributed by atoms with Crippen molar-refractivity contribution < 1.29 is 27.1 Å². The third-order valence-electron chi connectivity index (χ3n) is 5.24. The van der Waals surface area contributed by atoms with E-state index in [0.717, 1.165) is 23.6 Å². The zero-order valence-electron chi connectivity index (χ0n) is 17.7. The highest BCUT2D eigenvalue weighted by molar-refractivity contribution is 6.33. The molecular weight excluding hydrogens is 482 g/mol. The summed E-state index contributed by atoms with van der Waals surface area (Å²) >= 11 is 6.00. The van der Waals surface area contributed by atoms with Crippen molar-refractivity contribution in [3.05, 3.63) is 62.8 Å². The Hall–Kier alpha value is -3.41. The van der Waals surface area contributed by atoms with Crippen molar-refractivity contribution in [2.75, 3.05) is 11.9 Å². The van der Waals surface area contributed by atoms with Crippen molar-refractivity contribution in [1.29, 1.82) is 0 Å². The number of anilines is 1. The molecule has 0 radical (unpaired) electrons. The quantitative estimate of drug-likeness (QED) is 0.422. The first-order valence-corrected chi connectivity index (χ1v) is 10.6. The Morgan fingerprint density at radius 1 is 1.29 bits per heavy atom. The number of benzene rings is 1. The van der Waals surface area contributed by atoms with Crippen molar-refractivity contribution >= 4 is 23.2 Å². The number of ether oxygens (including phenoxy) is 1. The van der Waals surface area contributed by atoms with Crippen LogP contribution in [0.3, 0.4) is 0 Å². The van der Waals surface area contributed by atoms with Gasteiger partial charge in [-0.25, -0.2) is 14.2 Å². The summed E-state index contributed by atoms with van der Waals surface area (Å²) in [6, 6.07) is 3.11. The van der Waals surface area contributed by atoms with Gasteiger partial charge in [-0.15, -0.1) is 5.10 Å². The number of hydrogen-bond acceptors (Lipinski definition) is 5.